The van der Waals surface area contributed by atoms with Gasteiger partial charge in [0.25, 0.3) is 5.91 Å². The second-order valence-electron chi connectivity index (χ2n) is 17.3. The molecular formula is C43H56FN7O7S. The lowest BCUT2D eigenvalue weighted by molar-refractivity contribution is -0.155. The van der Waals surface area contributed by atoms with Crippen LogP contribution in [0.25, 0.3) is 33.4 Å². The Labute approximate surface area is 348 Å². The Bertz CT molecular complexity index is 2210. The molecule has 1 aromatic carbocycles. The molecular weight excluding hydrogens is 778 g/mol. The molecule has 2 N–H and O–H groups in total. The third-order valence-corrected chi connectivity index (χ3v) is 11.9. The number of thiazole rings is 1. The summed E-state index contributed by atoms with van der Waals surface area (Å²) in [4.78, 5) is 53.0. The van der Waals surface area contributed by atoms with Crippen LogP contribution in [0.5, 0.6) is 0 Å². The SMILES string of the molecule is CCn1c(-c2cc(N3CCOCC3)cnc2[C@H](C)OC)c2c3cc(c(F)cc31)-c1csc(n1)C[C@H](NC(=O)OC(C)(C)C)C(=O)N1CCC[C@H](N1)C(=O)OCC(C)(C)C2. The zero-order valence-corrected chi connectivity index (χ0v) is 36.1. The molecule has 2 amide bonds. The molecule has 6 heterocycles. The van der Waals surface area contributed by atoms with E-state index < -0.39 is 46.9 Å². The lowest BCUT2D eigenvalue weighted by atomic mass is 9.84. The number of hydrazine groups is 1. The van der Waals surface area contributed by atoms with Crippen LogP contribution in [0.1, 0.15) is 83.7 Å². The van der Waals surface area contributed by atoms with Crippen LogP contribution in [-0.2, 0) is 47.9 Å². The Balaban J connectivity index is 1.40. The van der Waals surface area contributed by atoms with Gasteiger partial charge in [0.2, 0.25) is 0 Å². The molecule has 2 saturated heterocycles. The van der Waals surface area contributed by atoms with E-state index in [9.17, 15) is 14.4 Å². The van der Waals surface area contributed by atoms with Crippen LogP contribution in [0.2, 0.25) is 0 Å². The number of nitrogens with zero attached hydrogens (tertiary/aromatic N) is 5. The van der Waals surface area contributed by atoms with Crippen LogP contribution in [-0.4, -0.2) is 102 Å². The highest BCUT2D eigenvalue weighted by Crippen LogP contribution is 2.43. The molecule has 0 unspecified atom stereocenters. The second-order valence-corrected chi connectivity index (χ2v) is 18.3. The van der Waals surface area contributed by atoms with Gasteiger partial charge in [0.15, 0.2) is 0 Å². The average molecular weight is 834 g/mol. The topological polar surface area (TPSA) is 149 Å². The Kier molecular flexibility index (Phi) is 12.3. The number of fused-ring (bicyclic) bond motifs is 6. The van der Waals surface area contributed by atoms with Crippen LogP contribution in [0.15, 0.2) is 29.8 Å². The molecule has 3 aliphatic heterocycles. The van der Waals surface area contributed by atoms with Gasteiger partial charge in [0.05, 0.1) is 65.4 Å². The number of aryl methyl sites for hydroxylation is 1. The Morgan fingerprint density at radius 2 is 1.92 bits per heavy atom. The third kappa shape index (κ3) is 9.25. The predicted octanol–water partition coefficient (Wildman–Crippen LogP) is 6.59. The Hall–Kier alpha value is -4.64. The number of methoxy groups -OCH3 is 1. The first-order chi connectivity index (χ1) is 28.1. The maximum Gasteiger partial charge on any atom is 0.408 e. The number of amides is 2. The van der Waals surface area contributed by atoms with Gasteiger partial charge in [0, 0.05) is 67.0 Å². The molecule has 0 spiro atoms. The highest BCUT2D eigenvalue weighted by molar-refractivity contribution is 7.10. The fourth-order valence-electron chi connectivity index (χ4n) is 8.09. The molecule has 16 heteroatoms. The van der Waals surface area contributed by atoms with Gasteiger partial charge < -0.3 is 33.7 Å². The summed E-state index contributed by atoms with van der Waals surface area (Å²) < 4.78 is 41.9. The molecule has 59 heavy (non-hydrogen) atoms. The summed E-state index contributed by atoms with van der Waals surface area (Å²) >= 11 is 1.28. The minimum atomic E-state index is -1.09. The van der Waals surface area contributed by atoms with E-state index in [1.165, 1.54) is 16.3 Å². The molecule has 0 aliphatic carbocycles. The summed E-state index contributed by atoms with van der Waals surface area (Å²) in [7, 11) is 1.66. The van der Waals surface area contributed by atoms with E-state index in [1.54, 1.807) is 39.3 Å². The monoisotopic (exact) mass is 833 g/mol. The van der Waals surface area contributed by atoms with Crippen molar-refractivity contribution in [1.82, 2.24) is 30.3 Å². The molecule has 3 atom stereocenters. The van der Waals surface area contributed by atoms with Crippen molar-refractivity contribution in [3.8, 4) is 22.5 Å². The molecule has 2 fully saturated rings. The maximum absolute atomic E-state index is 16.6. The first-order valence-electron chi connectivity index (χ1n) is 20.4. The number of anilines is 1. The first-order valence-corrected chi connectivity index (χ1v) is 21.3. The predicted molar refractivity (Wildman–Crippen MR) is 224 cm³/mol. The average Bonchev–Trinajstić information content (AvgIpc) is 3.79. The number of hydrogen-bond acceptors (Lipinski definition) is 12. The molecule has 7 rings (SSSR count). The van der Waals surface area contributed by atoms with Crippen molar-refractivity contribution in [1.29, 1.82) is 0 Å². The van der Waals surface area contributed by atoms with Gasteiger partial charge in [-0.1, -0.05) is 13.8 Å². The number of benzene rings is 1. The van der Waals surface area contributed by atoms with Crippen molar-refractivity contribution >= 4 is 45.9 Å². The fourth-order valence-corrected chi connectivity index (χ4v) is 8.93. The summed E-state index contributed by atoms with van der Waals surface area (Å²) in [6.07, 6.45) is 2.27. The standard InChI is InChI=1S/C43H56FN7O7S/c1-9-50-35-19-31(44)28-18-27(35)30(38(50)29-17-26(49-13-15-56-16-14-49)22-45-37(29)25(2)55-8)21-43(6,7)24-57-40(53)32-11-10-12-51(48-32)39(52)33(20-36-46-34(28)23-59-36)47-41(54)58-42(3,4)5/h17-19,22-23,25,32-33,48H,9-16,20-21,24H2,1-8H3,(H,47,54)/t25-,32-,33-/m0/s1. The molecule has 6 bridgehead atoms. The summed E-state index contributed by atoms with van der Waals surface area (Å²) in [5.41, 5.74) is 7.55. The molecule has 0 radical (unpaired) electrons. The van der Waals surface area contributed by atoms with Crippen molar-refractivity contribution < 1.29 is 37.7 Å². The van der Waals surface area contributed by atoms with Gasteiger partial charge in [0.1, 0.15) is 23.5 Å². The molecule has 3 aliphatic rings. The summed E-state index contributed by atoms with van der Waals surface area (Å²) in [6.45, 7) is 16.9. The minimum absolute atomic E-state index is 0.0165. The van der Waals surface area contributed by atoms with Crippen LogP contribution in [0.4, 0.5) is 14.9 Å². The zero-order chi connectivity index (χ0) is 42.2. The van der Waals surface area contributed by atoms with Gasteiger partial charge in [-0.05, 0) is 77.6 Å². The highest BCUT2D eigenvalue weighted by atomic mass is 32.1. The summed E-state index contributed by atoms with van der Waals surface area (Å²) in [5.74, 6) is -1.38. The number of rotatable bonds is 6. The smallest absolute Gasteiger partial charge is 0.408 e. The zero-order valence-electron chi connectivity index (χ0n) is 35.3. The number of morpholine rings is 1. The molecule has 14 nitrogen and oxygen atoms in total. The first kappa shape index (κ1) is 42.5. The minimum Gasteiger partial charge on any atom is -0.464 e. The van der Waals surface area contributed by atoms with Gasteiger partial charge in [-0.3, -0.25) is 19.6 Å². The van der Waals surface area contributed by atoms with Crippen molar-refractivity contribution in [2.24, 2.45) is 5.41 Å². The van der Waals surface area contributed by atoms with Crippen LogP contribution in [0, 0.1) is 11.2 Å². The summed E-state index contributed by atoms with van der Waals surface area (Å²) in [6, 6.07) is 3.73. The van der Waals surface area contributed by atoms with Gasteiger partial charge >= 0.3 is 12.1 Å². The number of cyclic esters (lactones) is 1. The number of esters is 1. The second kappa shape index (κ2) is 17.1. The Morgan fingerprint density at radius 1 is 1.15 bits per heavy atom. The molecule has 0 saturated carbocycles. The highest BCUT2D eigenvalue weighted by Gasteiger charge is 2.36. The number of pyridine rings is 1. The maximum atomic E-state index is 16.6. The van der Waals surface area contributed by atoms with Crippen molar-refractivity contribution in [3.63, 3.8) is 0 Å². The number of hydrogen-bond donors (Lipinski definition) is 2. The van der Waals surface area contributed by atoms with Crippen LogP contribution >= 0.6 is 11.3 Å². The molecule has 3 aromatic heterocycles. The van der Waals surface area contributed by atoms with Crippen LogP contribution < -0.4 is 15.6 Å². The number of halogens is 1. The van der Waals surface area contributed by atoms with E-state index in [4.69, 9.17) is 28.9 Å². The number of aromatic nitrogens is 3. The van der Waals surface area contributed by atoms with Crippen molar-refractivity contribution in [2.75, 3.05) is 51.5 Å². The number of carbonyl (C=O) groups excluding carboxylic acids is 3. The normalized spacial score (nSPS) is 20.9. The van der Waals surface area contributed by atoms with Gasteiger partial charge in [-0.25, -0.2) is 19.6 Å². The van der Waals surface area contributed by atoms with E-state index in [0.29, 0.717) is 67.3 Å². The fraction of sp³-hybridized carbons (Fsp3) is 0.558. The number of carbonyl (C=O) groups is 3. The van der Waals surface area contributed by atoms with E-state index in [2.05, 4.69) is 26.3 Å². The number of ether oxygens (including phenoxy) is 4. The van der Waals surface area contributed by atoms with E-state index in [-0.39, 0.29) is 19.1 Å². The van der Waals surface area contributed by atoms with E-state index in [0.717, 1.165) is 46.7 Å². The largest absolute Gasteiger partial charge is 0.464 e. The number of alkyl carbamates (subject to hydrolysis) is 1. The Morgan fingerprint density at radius 3 is 2.63 bits per heavy atom. The number of nitrogens with one attached hydrogen (secondary N) is 2. The summed E-state index contributed by atoms with van der Waals surface area (Å²) in [5, 5.41) is 7.23. The van der Waals surface area contributed by atoms with E-state index >= 15 is 4.39 Å². The lowest BCUT2D eigenvalue weighted by Gasteiger charge is -2.35. The lowest BCUT2D eigenvalue weighted by Crippen LogP contribution is -2.60. The van der Waals surface area contributed by atoms with E-state index in [1.807, 2.05) is 40.0 Å². The van der Waals surface area contributed by atoms with Crippen LogP contribution in [0.3, 0.4) is 0 Å². The quantitative estimate of drug-likeness (QED) is 0.203. The third-order valence-electron chi connectivity index (χ3n) is 11.0. The van der Waals surface area contributed by atoms with Gasteiger partial charge in [-0.2, -0.15) is 0 Å². The molecule has 4 aromatic rings. The van der Waals surface area contributed by atoms with Crippen molar-refractivity contribution in [2.45, 2.75) is 104 Å². The van der Waals surface area contributed by atoms with Crippen molar-refractivity contribution in [3.05, 3.63) is 51.9 Å². The van der Waals surface area contributed by atoms with Gasteiger partial charge in [-0.15, -0.1) is 11.3 Å². The molecule has 318 valence electrons.